The summed E-state index contributed by atoms with van der Waals surface area (Å²) in [7, 11) is 0. The summed E-state index contributed by atoms with van der Waals surface area (Å²) in [5.41, 5.74) is 0.701. The van der Waals surface area contributed by atoms with Crippen molar-refractivity contribution in [2.45, 2.75) is 26.3 Å². The van der Waals surface area contributed by atoms with Crippen molar-refractivity contribution in [1.82, 2.24) is 10.6 Å². The molecule has 17 heavy (non-hydrogen) atoms. The number of hydrogen-bond acceptors (Lipinski definition) is 4. The van der Waals surface area contributed by atoms with Crippen molar-refractivity contribution >= 4 is 17.2 Å². The van der Waals surface area contributed by atoms with Crippen LogP contribution in [0.2, 0.25) is 0 Å². The van der Waals surface area contributed by atoms with E-state index in [4.69, 9.17) is 5.26 Å². The molecular weight excluding hydrogens is 234 g/mol. The predicted molar refractivity (Wildman–Crippen MR) is 68.7 cm³/mol. The molecule has 0 aromatic carbocycles. The molecule has 0 aliphatic rings. The highest BCUT2D eigenvalue weighted by molar-refractivity contribution is 7.10. The minimum atomic E-state index is 0.0863. The van der Waals surface area contributed by atoms with Gasteiger partial charge in [0, 0.05) is 36.3 Å². The number of nitriles is 1. The molecule has 0 unspecified atom stereocenters. The predicted octanol–water partition coefficient (Wildman–Crippen LogP) is 1.63. The lowest BCUT2D eigenvalue weighted by Crippen LogP contribution is -2.27. The second-order valence-electron chi connectivity index (χ2n) is 3.69. The molecule has 1 aromatic rings. The SMILES string of the molecule is CCCNC(=O)CCNCc1cc(C#N)cs1. The van der Waals surface area contributed by atoms with Crippen molar-refractivity contribution in [3.63, 3.8) is 0 Å². The summed E-state index contributed by atoms with van der Waals surface area (Å²) < 4.78 is 0. The third-order valence-electron chi connectivity index (χ3n) is 2.18. The molecule has 2 N–H and O–H groups in total. The van der Waals surface area contributed by atoms with E-state index in [1.807, 2.05) is 18.4 Å². The van der Waals surface area contributed by atoms with Crippen molar-refractivity contribution in [2.24, 2.45) is 0 Å². The summed E-state index contributed by atoms with van der Waals surface area (Å²) in [6, 6.07) is 3.97. The van der Waals surface area contributed by atoms with Gasteiger partial charge in [0.15, 0.2) is 0 Å². The van der Waals surface area contributed by atoms with Crippen molar-refractivity contribution in [2.75, 3.05) is 13.1 Å². The average molecular weight is 251 g/mol. The summed E-state index contributed by atoms with van der Waals surface area (Å²) in [5.74, 6) is 0.0863. The van der Waals surface area contributed by atoms with E-state index in [1.165, 1.54) is 0 Å². The molecule has 0 bridgehead atoms. The maximum absolute atomic E-state index is 11.3. The minimum Gasteiger partial charge on any atom is -0.356 e. The Morgan fingerprint density at radius 2 is 2.35 bits per heavy atom. The van der Waals surface area contributed by atoms with Crippen LogP contribution in [0.3, 0.4) is 0 Å². The molecule has 0 aliphatic heterocycles. The zero-order valence-electron chi connectivity index (χ0n) is 9.95. The summed E-state index contributed by atoms with van der Waals surface area (Å²) in [6.45, 7) is 4.15. The Balaban J connectivity index is 2.12. The van der Waals surface area contributed by atoms with Gasteiger partial charge in [-0.3, -0.25) is 4.79 Å². The van der Waals surface area contributed by atoms with Crippen LogP contribution in [0.15, 0.2) is 11.4 Å². The van der Waals surface area contributed by atoms with Crippen LogP contribution in [0.5, 0.6) is 0 Å². The lowest BCUT2D eigenvalue weighted by atomic mass is 10.3. The number of nitrogens with one attached hydrogen (secondary N) is 2. The molecule has 0 radical (unpaired) electrons. The largest absolute Gasteiger partial charge is 0.356 e. The lowest BCUT2D eigenvalue weighted by molar-refractivity contribution is -0.120. The first kappa shape index (κ1) is 13.7. The zero-order chi connectivity index (χ0) is 12.5. The summed E-state index contributed by atoms with van der Waals surface area (Å²) >= 11 is 1.56. The van der Waals surface area contributed by atoms with Crippen molar-refractivity contribution in [1.29, 1.82) is 5.26 Å². The first-order valence-corrected chi connectivity index (χ1v) is 6.59. The van der Waals surface area contributed by atoms with E-state index >= 15 is 0 Å². The smallest absolute Gasteiger partial charge is 0.221 e. The lowest BCUT2D eigenvalue weighted by Gasteiger charge is -2.04. The van der Waals surface area contributed by atoms with Crippen LogP contribution < -0.4 is 10.6 Å². The van der Waals surface area contributed by atoms with Crippen LogP contribution in [-0.4, -0.2) is 19.0 Å². The van der Waals surface area contributed by atoms with Gasteiger partial charge in [-0.1, -0.05) is 6.92 Å². The standard InChI is InChI=1S/C12H17N3OS/c1-2-4-15-12(16)3-5-14-8-11-6-10(7-13)9-17-11/h6,9,14H,2-5,8H2,1H3,(H,15,16). The van der Waals surface area contributed by atoms with E-state index in [-0.39, 0.29) is 5.91 Å². The van der Waals surface area contributed by atoms with E-state index in [0.717, 1.165) is 17.8 Å². The second kappa shape index (κ2) is 7.82. The molecule has 0 saturated carbocycles. The highest BCUT2D eigenvalue weighted by Gasteiger charge is 2.01. The number of thiophene rings is 1. The van der Waals surface area contributed by atoms with E-state index in [0.29, 0.717) is 25.1 Å². The number of rotatable bonds is 7. The third kappa shape index (κ3) is 5.48. The first-order valence-electron chi connectivity index (χ1n) is 5.71. The Morgan fingerprint density at radius 1 is 1.53 bits per heavy atom. The number of carbonyl (C=O) groups excluding carboxylic acids is 1. The van der Waals surface area contributed by atoms with Crippen molar-refractivity contribution < 1.29 is 4.79 Å². The van der Waals surface area contributed by atoms with Gasteiger partial charge in [0.1, 0.15) is 6.07 Å². The van der Waals surface area contributed by atoms with Crippen molar-refractivity contribution in [3.8, 4) is 6.07 Å². The molecule has 0 saturated heterocycles. The van der Waals surface area contributed by atoms with Gasteiger partial charge in [-0.15, -0.1) is 11.3 Å². The van der Waals surface area contributed by atoms with E-state index in [2.05, 4.69) is 16.7 Å². The highest BCUT2D eigenvalue weighted by Crippen LogP contribution is 2.13. The average Bonchev–Trinajstić information content (AvgIpc) is 2.80. The second-order valence-corrected chi connectivity index (χ2v) is 4.69. The van der Waals surface area contributed by atoms with Crippen molar-refractivity contribution in [3.05, 3.63) is 21.9 Å². The number of amides is 1. The van der Waals surface area contributed by atoms with Crippen LogP contribution in [0.4, 0.5) is 0 Å². The Kier molecular flexibility index (Phi) is 6.30. The molecule has 0 fully saturated rings. The monoisotopic (exact) mass is 251 g/mol. The molecule has 0 spiro atoms. The van der Waals surface area contributed by atoms with Crippen LogP contribution >= 0.6 is 11.3 Å². The molecule has 0 atom stereocenters. The fourth-order valence-corrected chi connectivity index (χ4v) is 2.08. The highest BCUT2D eigenvalue weighted by atomic mass is 32.1. The first-order chi connectivity index (χ1) is 8.26. The van der Waals surface area contributed by atoms with E-state index < -0.39 is 0 Å². The summed E-state index contributed by atoms with van der Waals surface area (Å²) in [6.07, 6.45) is 1.46. The molecule has 0 aliphatic carbocycles. The van der Waals surface area contributed by atoms with Gasteiger partial charge in [-0.2, -0.15) is 5.26 Å². The van der Waals surface area contributed by atoms with Gasteiger partial charge in [0.05, 0.1) is 5.56 Å². The van der Waals surface area contributed by atoms with Gasteiger partial charge in [0.2, 0.25) is 5.91 Å². The third-order valence-corrected chi connectivity index (χ3v) is 3.12. The minimum absolute atomic E-state index is 0.0863. The Hall–Kier alpha value is -1.38. The fraction of sp³-hybridized carbons (Fsp3) is 0.500. The van der Waals surface area contributed by atoms with Gasteiger partial charge < -0.3 is 10.6 Å². The maximum Gasteiger partial charge on any atom is 0.221 e. The molecule has 5 heteroatoms. The van der Waals surface area contributed by atoms with Gasteiger partial charge in [0.25, 0.3) is 0 Å². The molecule has 92 valence electrons. The molecule has 1 rings (SSSR count). The molecule has 1 heterocycles. The zero-order valence-corrected chi connectivity index (χ0v) is 10.8. The molecule has 1 aromatic heterocycles. The summed E-state index contributed by atoms with van der Waals surface area (Å²) in [5, 5.41) is 16.5. The maximum atomic E-state index is 11.3. The molecular formula is C12H17N3OS. The molecule has 4 nitrogen and oxygen atoms in total. The van der Waals surface area contributed by atoms with Gasteiger partial charge >= 0.3 is 0 Å². The number of hydrogen-bond donors (Lipinski definition) is 2. The fourth-order valence-electron chi connectivity index (χ4n) is 1.30. The Bertz CT molecular complexity index is 395. The number of carbonyl (C=O) groups is 1. The van der Waals surface area contributed by atoms with Crippen LogP contribution in [-0.2, 0) is 11.3 Å². The van der Waals surface area contributed by atoms with Gasteiger partial charge in [-0.05, 0) is 12.5 Å². The topological polar surface area (TPSA) is 64.9 Å². The number of nitrogens with zero attached hydrogens (tertiary/aromatic N) is 1. The van der Waals surface area contributed by atoms with E-state index in [1.54, 1.807) is 11.3 Å². The van der Waals surface area contributed by atoms with Crippen LogP contribution in [0.1, 0.15) is 30.2 Å². The Labute approximate surface area is 106 Å². The quantitative estimate of drug-likeness (QED) is 0.724. The van der Waals surface area contributed by atoms with Gasteiger partial charge in [-0.25, -0.2) is 0 Å². The Morgan fingerprint density at radius 3 is 3.00 bits per heavy atom. The van der Waals surface area contributed by atoms with Crippen LogP contribution in [0, 0.1) is 11.3 Å². The van der Waals surface area contributed by atoms with Crippen LogP contribution in [0.25, 0.3) is 0 Å². The normalized spacial score (nSPS) is 9.88. The summed E-state index contributed by atoms with van der Waals surface area (Å²) in [4.78, 5) is 12.4. The van der Waals surface area contributed by atoms with E-state index in [9.17, 15) is 4.79 Å². The molecule has 1 amide bonds.